The molecular weight excluding hydrogens is 589 g/mol. The minimum atomic E-state index is 1.17. The van der Waals surface area contributed by atoms with Crippen molar-refractivity contribution in [3.8, 4) is 33.6 Å². The average Bonchev–Trinajstić information content (AvgIpc) is 3.82. The number of hydrogen-bond donors (Lipinski definition) is 0. The zero-order valence-corrected chi connectivity index (χ0v) is 26.3. The topological polar surface area (TPSA) is 9.86 Å². The minimum Gasteiger partial charge on any atom is -0.309 e. The lowest BCUT2D eigenvalue weighted by molar-refractivity contribution is 1.18. The second kappa shape index (κ2) is 10.3. The highest BCUT2D eigenvalue weighted by atomic mass is 32.1. The zero-order valence-electron chi connectivity index (χ0n) is 25.5. The quantitative estimate of drug-likeness (QED) is 0.186. The van der Waals surface area contributed by atoms with Crippen molar-refractivity contribution in [1.82, 2.24) is 9.13 Å². The highest BCUT2D eigenvalue weighted by molar-refractivity contribution is 7.17. The van der Waals surface area contributed by atoms with Gasteiger partial charge in [0.1, 0.15) is 0 Å². The number of rotatable bonds is 4. The molecule has 0 saturated heterocycles. The summed E-state index contributed by atoms with van der Waals surface area (Å²) in [5.41, 5.74) is 12.2. The summed E-state index contributed by atoms with van der Waals surface area (Å²) in [5.74, 6) is 0. The van der Waals surface area contributed by atoms with Gasteiger partial charge in [0.2, 0.25) is 0 Å². The van der Waals surface area contributed by atoms with Gasteiger partial charge in [0, 0.05) is 48.6 Å². The van der Waals surface area contributed by atoms with Gasteiger partial charge < -0.3 is 9.13 Å². The van der Waals surface area contributed by atoms with Crippen molar-refractivity contribution in [2.24, 2.45) is 0 Å². The van der Waals surface area contributed by atoms with Crippen LogP contribution in [0.3, 0.4) is 0 Å². The predicted octanol–water partition coefficient (Wildman–Crippen LogP) is 12.4. The van der Waals surface area contributed by atoms with E-state index in [4.69, 9.17) is 0 Å². The SMILES string of the molecule is c1ccc(-n2c3ccccc3c3cc(-c4ccc5c(c4)c4ccccc4n5-c4ccc(-c5csc6ccccc56)cc4)ccc32)cc1. The van der Waals surface area contributed by atoms with Crippen molar-refractivity contribution in [3.05, 3.63) is 169 Å². The van der Waals surface area contributed by atoms with Crippen LogP contribution in [0.1, 0.15) is 0 Å². The molecule has 7 aromatic carbocycles. The monoisotopic (exact) mass is 616 g/mol. The second-order valence-electron chi connectivity index (χ2n) is 12.2. The summed E-state index contributed by atoms with van der Waals surface area (Å²) >= 11 is 1.81. The van der Waals surface area contributed by atoms with Gasteiger partial charge in [-0.1, -0.05) is 97.1 Å². The molecule has 3 heteroatoms. The number of fused-ring (bicyclic) bond motifs is 7. The Morgan fingerprint density at radius 3 is 1.43 bits per heavy atom. The van der Waals surface area contributed by atoms with Crippen molar-refractivity contribution >= 4 is 65.0 Å². The molecule has 0 aliphatic heterocycles. The van der Waals surface area contributed by atoms with Crippen molar-refractivity contribution in [2.45, 2.75) is 0 Å². The summed E-state index contributed by atoms with van der Waals surface area (Å²) in [6.07, 6.45) is 0. The van der Waals surface area contributed by atoms with Gasteiger partial charge in [-0.15, -0.1) is 11.3 Å². The Balaban J connectivity index is 1.11. The van der Waals surface area contributed by atoms with E-state index in [9.17, 15) is 0 Å². The van der Waals surface area contributed by atoms with Crippen LogP contribution >= 0.6 is 11.3 Å². The number of hydrogen-bond acceptors (Lipinski definition) is 1. The van der Waals surface area contributed by atoms with Crippen molar-refractivity contribution in [2.75, 3.05) is 0 Å². The first kappa shape index (κ1) is 26.3. The molecular formula is C44H28N2S. The van der Waals surface area contributed by atoms with Crippen LogP contribution in [-0.4, -0.2) is 9.13 Å². The smallest absolute Gasteiger partial charge is 0.0541 e. The third-order valence-corrected chi connectivity index (χ3v) is 10.6. The molecule has 10 aromatic rings. The molecule has 3 heterocycles. The maximum atomic E-state index is 2.40. The Labute approximate surface area is 276 Å². The Morgan fingerprint density at radius 2 is 0.809 bits per heavy atom. The zero-order chi connectivity index (χ0) is 30.9. The summed E-state index contributed by atoms with van der Waals surface area (Å²) in [6, 6.07) is 59.7. The van der Waals surface area contributed by atoms with E-state index in [1.807, 2.05) is 11.3 Å². The summed E-state index contributed by atoms with van der Waals surface area (Å²) in [5, 5.41) is 8.65. The molecule has 0 aliphatic carbocycles. The molecule has 0 saturated carbocycles. The van der Waals surface area contributed by atoms with Crippen LogP contribution in [-0.2, 0) is 0 Å². The third kappa shape index (κ3) is 4.04. The summed E-state index contributed by atoms with van der Waals surface area (Å²) in [4.78, 5) is 0. The molecule has 0 fully saturated rings. The van der Waals surface area contributed by atoms with E-state index in [1.54, 1.807) is 0 Å². The molecule has 220 valence electrons. The molecule has 2 nitrogen and oxygen atoms in total. The molecule has 0 amide bonds. The summed E-state index contributed by atoms with van der Waals surface area (Å²) in [7, 11) is 0. The molecule has 47 heavy (non-hydrogen) atoms. The van der Waals surface area contributed by atoms with Gasteiger partial charge in [0.15, 0.2) is 0 Å². The largest absolute Gasteiger partial charge is 0.309 e. The average molecular weight is 617 g/mol. The van der Waals surface area contributed by atoms with Gasteiger partial charge in [-0.25, -0.2) is 0 Å². The standard InChI is InChI=1S/C44H28N2S/c1-2-10-32(11-3-1)45-40-15-7-4-12-34(40)37-26-30(20-24-42(37)45)31-21-25-43-38(27-31)35-13-5-8-16-41(35)46(43)33-22-18-29(19-23-33)39-28-47-44-17-9-6-14-36(39)44/h1-28H. The fourth-order valence-corrected chi connectivity index (χ4v) is 8.40. The highest BCUT2D eigenvalue weighted by Gasteiger charge is 2.16. The van der Waals surface area contributed by atoms with E-state index in [1.165, 1.54) is 87.3 Å². The first-order chi connectivity index (χ1) is 23.3. The van der Waals surface area contributed by atoms with Crippen LogP contribution in [0.25, 0.3) is 87.3 Å². The fourth-order valence-electron chi connectivity index (χ4n) is 7.43. The van der Waals surface area contributed by atoms with Gasteiger partial charge in [-0.2, -0.15) is 0 Å². The molecule has 0 spiro atoms. The Kier molecular flexibility index (Phi) is 5.78. The summed E-state index contributed by atoms with van der Waals surface area (Å²) in [6.45, 7) is 0. The molecule has 0 radical (unpaired) electrons. The van der Waals surface area contributed by atoms with E-state index in [-0.39, 0.29) is 0 Å². The minimum absolute atomic E-state index is 1.17. The van der Waals surface area contributed by atoms with E-state index >= 15 is 0 Å². The van der Waals surface area contributed by atoms with E-state index in [2.05, 4.69) is 178 Å². The second-order valence-corrected chi connectivity index (χ2v) is 13.1. The number of thiophene rings is 1. The van der Waals surface area contributed by atoms with Crippen molar-refractivity contribution in [3.63, 3.8) is 0 Å². The molecule has 3 aromatic heterocycles. The van der Waals surface area contributed by atoms with Gasteiger partial charge >= 0.3 is 0 Å². The van der Waals surface area contributed by atoms with Gasteiger partial charge in [0.05, 0.1) is 22.1 Å². The molecule has 0 N–H and O–H groups in total. The summed E-state index contributed by atoms with van der Waals surface area (Å²) < 4.78 is 6.10. The van der Waals surface area contributed by atoms with E-state index in [0.717, 1.165) is 0 Å². The Hall–Kier alpha value is -5.90. The van der Waals surface area contributed by atoms with Crippen LogP contribution in [0, 0.1) is 0 Å². The molecule has 0 unspecified atom stereocenters. The molecule has 0 bridgehead atoms. The van der Waals surface area contributed by atoms with Crippen molar-refractivity contribution in [1.29, 1.82) is 0 Å². The third-order valence-electron chi connectivity index (χ3n) is 9.61. The van der Waals surface area contributed by atoms with Gasteiger partial charge in [0.25, 0.3) is 0 Å². The number of aromatic nitrogens is 2. The van der Waals surface area contributed by atoms with Crippen LogP contribution in [0.5, 0.6) is 0 Å². The predicted molar refractivity (Wildman–Crippen MR) is 201 cm³/mol. The maximum Gasteiger partial charge on any atom is 0.0541 e. The Bertz CT molecular complexity index is 2780. The molecule has 0 atom stereocenters. The normalized spacial score (nSPS) is 11.8. The maximum absolute atomic E-state index is 2.40. The van der Waals surface area contributed by atoms with Crippen molar-refractivity contribution < 1.29 is 0 Å². The first-order valence-electron chi connectivity index (χ1n) is 16.0. The van der Waals surface area contributed by atoms with E-state index < -0.39 is 0 Å². The van der Waals surface area contributed by atoms with Gasteiger partial charge in [-0.05, 0) is 88.8 Å². The number of benzene rings is 7. The highest BCUT2D eigenvalue weighted by Crippen LogP contribution is 2.39. The van der Waals surface area contributed by atoms with Crippen LogP contribution in [0.2, 0.25) is 0 Å². The number of para-hydroxylation sites is 3. The first-order valence-corrected chi connectivity index (χ1v) is 16.9. The molecule has 10 rings (SSSR count). The lowest BCUT2D eigenvalue weighted by Crippen LogP contribution is -1.93. The number of nitrogens with zero attached hydrogens (tertiary/aromatic N) is 2. The lowest BCUT2D eigenvalue weighted by Gasteiger charge is -2.10. The van der Waals surface area contributed by atoms with Gasteiger partial charge in [-0.3, -0.25) is 0 Å². The lowest BCUT2D eigenvalue weighted by atomic mass is 10.0. The Morgan fingerprint density at radius 1 is 0.340 bits per heavy atom. The van der Waals surface area contributed by atoms with Crippen LogP contribution in [0.4, 0.5) is 0 Å². The van der Waals surface area contributed by atoms with E-state index in [0.29, 0.717) is 0 Å². The van der Waals surface area contributed by atoms with Crippen LogP contribution < -0.4 is 0 Å². The fraction of sp³-hybridized carbons (Fsp3) is 0. The van der Waals surface area contributed by atoms with Crippen LogP contribution in [0.15, 0.2) is 169 Å². The molecule has 0 aliphatic rings.